The first-order valence-electron chi connectivity index (χ1n) is 10.7. The van der Waals surface area contributed by atoms with Crippen LogP contribution in [0.25, 0.3) is 0 Å². The summed E-state index contributed by atoms with van der Waals surface area (Å²) in [6, 6.07) is 18.7. The molecule has 0 saturated heterocycles. The van der Waals surface area contributed by atoms with Crippen LogP contribution in [0.2, 0.25) is 0 Å². The second-order valence-electron chi connectivity index (χ2n) is 7.24. The lowest BCUT2D eigenvalue weighted by Gasteiger charge is -2.09. The number of benzene rings is 2. The van der Waals surface area contributed by atoms with E-state index in [0.29, 0.717) is 6.54 Å². The van der Waals surface area contributed by atoms with Crippen LogP contribution in [0.15, 0.2) is 54.6 Å². The Kier molecular flexibility index (Phi) is 13.3. The molecule has 0 aliphatic rings. The number of alkyl halides is 3. The molecule has 0 radical (unpaired) electrons. The van der Waals surface area contributed by atoms with Crippen molar-refractivity contribution in [3.05, 3.63) is 65.7 Å². The molecule has 9 heteroatoms. The van der Waals surface area contributed by atoms with E-state index in [1.807, 2.05) is 12.1 Å². The molecular formula is C24H30F3NO5. The molecule has 0 amide bonds. The van der Waals surface area contributed by atoms with Crippen molar-refractivity contribution in [1.29, 1.82) is 0 Å². The van der Waals surface area contributed by atoms with Gasteiger partial charge >= 0.3 is 18.1 Å². The summed E-state index contributed by atoms with van der Waals surface area (Å²) in [7, 11) is 0. The van der Waals surface area contributed by atoms with Gasteiger partial charge in [-0.3, -0.25) is 4.79 Å². The lowest BCUT2D eigenvalue weighted by Crippen LogP contribution is -2.21. The van der Waals surface area contributed by atoms with Crippen LogP contribution >= 0.6 is 0 Å². The molecule has 2 rings (SSSR count). The van der Waals surface area contributed by atoms with Gasteiger partial charge in [-0.15, -0.1) is 0 Å². The maximum atomic E-state index is 10.6. The van der Waals surface area contributed by atoms with Crippen molar-refractivity contribution in [2.75, 3.05) is 19.7 Å². The number of nitrogens with one attached hydrogen (secondary N) is 1. The molecule has 0 bridgehead atoms. The van der Waals surface area contributed by atoms with E-state index in [1.165, 1.54) is 24.0 Å². The summed E-state index contributed by atoms with van der Waals surface area (Å²) in [6.07, 6.45) is 0.498. The van der Waals surface area contributed by atoms with E-state index in [9.17, 15) is 18.0 Å². The van der Waals surface area contributed by atoms with Crippen LogP contribution in [0.5, 0.6) is 5.75 Å². The Morgan fingerprint density at radius 3 is 2.15 bits per heavy atom. The third-order valence-electron chi connectivity index (χ3n) is 4.47. The van der Waals surface area contributed by atoms with Crippen LogP contribution in [-0.2, 0) is 22.4 Å². The van der Waals surface area contributed by atoms with Crippen molar-refractivity contribution in [1.82, 2.24) is 5.32 Å². The Hall–Kier alpha value is -3.07. The van der Waals surface area contributed by atoms with Gasteiger partial charge < -0.3 is 20.3 Å². The van der Waals surface area contributed by atoms with Gasteiger partial charge in [0.2, 0.25) is 0 Å². The molecule has 6 nitrogen and oxygen atoms in total. The molecule has 0 unspecified atom stereocenters. The Morgan fingerprint density at radius 2 is 1.52 bits per heavy atom. The van der Waals surface area contributed by atoms with Crippen LogP contribution in [-0.4, -0.2) is 48.0 Å². The highest BCUT2D eigenvalue weighted by molar-refractivity contribution is 5.73. The predicted molar refractivity (Wildman–Crippen MR) is 118 cm³/mol. The minimum absolute atomic E-state index is 0.160. The SMILES string of the molecule is O=C(O)C(F)(F)F.O=C(O)CCNCCc1cccc(OCCCCCc2ccccc2)c1. The first-order chi connectivity index (χ1) is 15.7. The molecule has 0 heterocycles. The number of halogens is 3. The first-order valence-corrected chi connectivity index (χ1v) is 10.7. The standard InChI is InChI=1S/C22H29NO3.C2HF3O2/c24-22(25)14-16-23-15-13-20-11-7-12-21(18-20)26-17-6-2-5-10-19-8-3-1-4-9-19;3-2(4,5)1(6)7/h1,3-4,7-9,11-12,18,23H,2,5-6,10,13-17H2,(H,24,25);(H,6,7). The van der Waals surface area contributed by atoms with Crippen molar-refractivity contribution in [3.8, 4) is 5.75 Å². The zero-order chi connectivity index (χ0) is 24.5. The molecule has 0 saturated carbocycles. The summed E-state index contributed by atoms with van der Waals surface area (Å²) in [6.45, 7) is 2.03. The predicted octanol–water partition coefficient (Wildman–Crippen LogP) is 4.72. The zero-order valence-electron chi connectivity index (χ0n) is 18.3. The van der Waals surface area contributed by atoms with Gasteiger partial charge in [0.05, 0.1) is 13.0 Å². The lowest BCUT2D eigenvalue weighted by atomic mass is 10.1. The zero-order valence-corrected chi connectivity index (χ0v) is 18.3. The third-order valence-corrected chi connectivity index (χ3v) is 4.47. The maximum absolute atomic E-state index is 10.6. The van der Waals surface area contributed by atoms with Crippen molar-refractivity contribution < 1.29 is 37.7 Å². The summed E-state index contributed by atoms with van der Waals surface area (Å²) in [5.74, 6) is -2.61. The fourth-order valence-corrected chi connectivity index (χ4v) is 2.79. The van der Waals surface area contributed by atoms with Crippen LogP contribution in [0.4, 0.5) is 13.2 Å². The number of rotatable bonds is 13. The van der Waals surface area contributed by atoms with Crippen LogP contribution in [0.3, 0.4) is 0 Å². The largest absolute Gasteiger partial charge is 0.494 e. The molecular weight excluding hydrogens is 439 g/mol. The number of hydrogen-bond donors (Lipinski definition) is 3. The molecule has 2 aromatic rings. The van der Waals surface area contributed by atoms with E-state index in [4.69, 9.17) is 19.7 Å². The number of carboxylic acids is 2. The summed E-state index contributed by atoms with van der Waals surface area (Å²) >= 11 is 0. The monoisotopic (exact) mass is 469 g/mol. The molecule has 0 aromatic heterocycles. The van der Waals surface area contributed by atoms with Gasteiger partial charge in [-0.05, 0) is 61.9 Å². The van der Waals surface area contributed by atoms with Crippen LogP contribution < -0.4 is 10.1 Å². The van der Waals surface area contributed by atoms with Crippen LogP contribution in [0, 0.1) is 0 Å². The first kappa shape index (κ1) is 28.0. The Bertz CT molecular complexity index is 828. The Labute approximate surface area is 191 Å². The minimum atomic E-state index is -5.08. The minimum Gasteiger partial charge on any atom is -0.494 e. The van der Waals surface area contributed by atoms with Gasteiger partial charge in [0.25, 0.3) is 0 Å². The van der Waals surface area contributed by atoms with E-state index in [1.54, 1.807) is 0 Å². The molecule has 0 aliphatic heterocycles. The average molecular weight is 470 g/mol. The number of hydrogen-bond acceptors (Lipinski definition) is 4. The highest BCUT2D eigenvalue weighted by Crippen LogP contribution is 2.15. The Morgan fingerprint density at radius 1 is 0.848 bits per heavy atom. The second-order valence-corrected chi connectivity index (χ2v) is 7.24. The number of unbranched alkanes of at least 4 members (excludes halogenated alkanes) is 2. The van der Waals surface area contributed by atoms with E-state index in [2.05, 4.69) is 47.8 Å². The third kappa shape index (κ3) is 14.6. The fourth-order valence-electron chi connectivity index (χ4n) is 2.79. The van der Waals surface area contributed by atoms with E-state index in [-0.39, 0.29) is 6.42 Å². The van der Waals surface area contributed by atoms with Gasteiger partial charge in [-0.1, -0.05) is 42.5 Å². The summed E-state index contributed by atoms with van der Waals surface area (Å²) in [5.41, 5.74) is 2.60. The second kappa shape index (κ2) is 15.7. The maximum Gasteiger partial charge on any atom is 0.490 e. The normalized spacial score (nSPS) is 10.8. The molecule has 0 spiro atoms. The quantitative estimate of drug-likeness (QED) is 0.368. The number of ether oxygens (including phenoxy) is 1. The van der Waals surface area contributed by atoms with Crippen molar-refractivity contribution in [3.63, 3.8) is 0 Å². The van der Waals surface area contributed by atoms with Gasteiger partial charge in [0.15, 0.2) is 0 Å². The molecule has 0 atom stereocenters. The van der Waals surface area contributed by atoms with E-state index < -0.39 is 18.1 Å². The summed E-state index contributed by atoms with van der Waals surface area (Å²) < 4.78 is 37.6. The summed E-state index contributed by atoms with van der Waals surface area (Å²) in [4.78, 5) is 19.4. The van der Waals surface area contributed by atoms with E-state index in [0.717, 1.165) is 38.2 Å². The highest BCUT2D eigenvalue weighted by Gasteiger charge is 2.38. The molecule has 33 heavy (non-hydrogen) atoms. The highest BCUT2D eigenvalue weighted by atomic mass is 19.4. The molecule has 0 aliphatic carbocycles. The summed E-state index contributed by atoms with van der Waals surface area (Å²) in [5, 5.41) is 18.9. The van der Waals surface area contributed by atoms with Gasteiger partial charge in [0.1, 0.15) is 5.75 Å². The topological polar surface area (TPSA) is 95.9 Å². The number of aliphatic carboxylic acids is 2. The average Bonchev–Trinajstić information content (AvgIpc) is 2.76. The van der Waals surface area contributed by atoms with Gasteiger partial charge in [0, 0.05) is 6.54 Å². The number of carboxylic acid groups (broad SMARTS) is 2. The smallest absolute Gasteiger partial charge is 0.490 e. The lowest BCUT2D eigenvalue weighted by molar-refractivity contribution is -0.192. The van der Waals surface area contributed by atoms with E-state index >= 15 is 0 Å². The van der Waals surface area contributed by atoms with Crippen molar-refractivity contribution in [2.24, 2.45) is 0 Å². The van der Waals surface area contributed by atoms with Gasteiger partial charge in [-0.25, -0.2) is 4.79 Å². The molecule has 0 fully saturated rings. The number of carbonyl (C=O) groups is 2. The molecule has 2 aromatic carbocycles. The molecule has 182 valence electrons. The van der Waals surface area contributed by atoms with Crippen molar-refractivity contribution >= 4 is 11.9 Å². The van der Waals surface area contributed by atoms with Crippen LogP contribution in [0.1, 0.15) is 36.8 Å². The number of aryl methyl sites for hydroxylation is 1. The van der Waals surface area contributed by atoms with Gasteiger partial charge in [-0.2, -0.15) is 13.2 Å². The van der Waals surface area contributed by atoms with Crippen molar-refractivity contribution in [2.45, 2.75) is 44.7 Å². The molecule has 3 N–H and O–H groups in total. The fraction of sp³-hybridized carbons (Fsp3) is 0.417. The Balaban J connectivity index is 0.000000675.